The molecule has 0 aliphatic heterocycles. The molecule has 0 amide bonds. The zero-order chi connectivity index (χ0) is 12.1. The van der Waals surface area contributed by atoms with Crippen LogP contribution in [-0.2, 0) is 19.6 Å². The minimum atomic E-state index is 0. The number of hydrogen-bond donors (Lipinski definition) is 2. The molecule has 0 unspecified atom stereocenters. The maximum Gasteiger partial charge on any atom is 0.115 e. The van der Waals surface area contributed by atoms with Gasteiger partial charge in [-0.2, -0.15) is 5.10 Å². The molecule has 0 radical (unpaired) electrons. The number of aromatic nitrogens is 2. The second kappa shape index (κ2) is 7.03. The largest absolute Gasteiger partial charge is 0.508 e. The lowest BCUT2D eigenvalue weighted by Crippen LogP contribution is -2.13. The quantitative estimate of drug-likeness (QED) is 0.874. The molecule has 0 bridgehead atoms. The summed E-state index contributed by atoms with van der Waals surface area (Å²) in [5.41, 5.74) is 2.10. The van der Waals surface area contributed by atoms with E-state index >= 15 is 0 Å². The minimum Gasteiger partial charge on any atom is -0.508 e. The molecule has 0 atom stereocenters. The number of phenols is 1. The number of nitrogens with zero attached hydrogens (tertiary/aromatic N) is 2. The molecule has 0 aliphatic rings. The smallest absolute Gasteiger partial charge is 0.115 e. The van der Waals surface area contributed by atoms with Gasteiger partial charge >= 0.3 is 0 Å². The molecule has 1 aromatic heterocycles. The second-order valence-electron chi connectivity index (χ2n) is 3.94. The normalized spacial score (nSPS) is 10.1. The van der Waals surface area contributed by atoms with Crippen LogP contribution in [0.4, 0.5) is 0 Å². The third-order valence-corrected chi connectivity index (χ3v) is 2.57. The molecule has 2 rings (SSSR count). The highest BCUT2D eigenvalue weighted by Crippen LogP contribution is 2.10. The number of aryl methyl sites for hydroxylation is 1. The summed E-state index contributed by atoms with van der Waals surface area (Å²) in [7, 11) is 0. The molecule has 1 heterocycles. The molecule has 4 nitrogen and oxygen atoms in total. The molecular weight excluding hydrogens is 250 g/mol. The summed E-state index contributed by atoms with van der Waals surface area (Å²) in [4.78, 5) is 0. The van der Waals surface area contributed by atoms with Crippen LogP contribution >= 0.6 is 12.4 Å². The van der Waals surface area contributed by atoms with E-state index in [4.69, 9.17) is 0 Å². The zero-order valence-corrected chi connectivity index (χ0v) is 11.2. The molecule has 2 aromatic rings. The van der Waals surface area contributed by atoms with Gasteiger partial charge in [-0.05, 0) is 30.7 Å². The molecule has 0 spiro atoms. The summed E-state index contributed by atoms with van der Waals surface area (Å²) in [5.74, 6) is 0.305. The highest BCUT2D eigenvalue weighted by atomic mass is 35.5. The second-order valence-corrected chi connectivity index (χ2v) is 3.94. The van der Waals surface area contributed by atoms with E-state index in [0.717, 1.165) is 30.9 Å². The summed E-state index contributed by atoms with van der Waals surface area (Å²) >= 11 is 0. The first kappa shape index (κ1) is 14.5. The average Bonchev–Trinajstić information content (AvgIpc) is 2.77. The van der Waals surface area contributed by atoms with Gasteiger partial charge in [-0.15, -0.1) is 12.4 Å². The fourth-order valence-electron chi connectivity index (χ4n) is 1.68. The predicted octanol–water partition coefficient (Wildman–Crippen LogP) is 2.32. The summed E-state index contributed by atoms with van der Waals surface area (Å²) < 4.78 is 1.91. The number of hydrogen-bond acceptors (Lipinski definition) is 3. The van der Waals surface area contributed by atoms with E-state index in [0.29, 0.717) is 5.75 Å². The van der Waals surface area contributed by atoms with Crippen LogP contribution in [0.5, 0.6) is 5.75 Å². The molecule has 0 saturated heterocycles. The van der Waals surface area contributed by atoms with Crippen LogP contribution in [0.15, 0.2) is 36.5 Å². The molecule has 18 heavy (non-hydrogen) atoms. The lowest BCUT2D eigenvalue weighted by atomic mass is 10.2. The van der Waals surface area contributed by atoms with Crippen molar-refractivity contribution >= 4 is 12.4 Å². The summed E-state index contributed by atoms with van der Waals surface area (Å²) in [6.07, 6.45) is 1.98. The Bertz CT molecular complexity index is 485. The molecule has 2 N–H and O–H groups in total. The van der Waals surface area contributed by atoms with E-state index in [-0.39, 0.29) is 12.4 Å². The Morgan fingerprint density at radius 1 is 1.28 bits per heavy atom. The van der Waals surface area contributed by atoms with Crippen molar-refractivity contribution in [3.8, 4) is 5.75 Å². The van der Waals surface area contributed by atoms with Gasteiger partial charge in [-0.3, -0.25) is 4.68 Å². The number of rotatable bonds is 5. The Labute approximate surface area is 113 Å². The molecule has 5 heteroatoms. The van der Waals surface area contributed by atoms with Crippen molar-refractivity contribution < 1.29 is 5.11 Å². The Kier molecular flexibility index (Phi) is 5.68. The summed E-state index contributed by atoms with van der Waals surface area (Å²) in [5, 5.41) is 17.0. The molecule has 0 aliphatic carbocycles. The van der Waals surface area contributed by atoms with Crippen LogP contribution in [0.25, 0.3) is 0 Å². The van der Waals surface area contributed by atoms with Crippen molar-refractivity contribution in [1.82, 2.24) is 15.1 Å². The van der Waals surface area contributed by atoms with Crippen molar-refractivity contribution in [3.05, 3.63) is 47.8 Å². The first-order chi connectivity index (χ1) is 8.28. The van der Waals surface area contributed by atoms with Gasteiger partial charge in [0.15, 0.2) is 0 Å². The summed E-state index contributed by atoms with van der Waals surface area (Å²) in [6, 6.07) is 9.28. The Morgan fingerprint density at radius 3 is 2.78 bits per heavy atom. The first-order valence-corrected chi connectivity index (χ1v) is 5.79. The maximum absolute atomic E-state index is 9.32. The molecule has 0 saturated carbocycles. The van der Waals surface area contributed by atoms with Gasteiger partial charge in [0, 0.05) is 25.8 Å². The topological polar surface area (TPSA) is 50.1 Å². The van der Waals surface area contributed by atoms with Crippen molar-refractivity contribution in [1.29, 1.82) is 0 Å². The van der Waals surface area contributed by atoms with Gasteiger partial charge in [0.25, 0.3) is 0 Å². The fourth-order valence-corrected chi connectivity index (χ4v) is 1.68. The Balaban J connectivity index is 0.00000162. The number of benzene rings is 1. The van der Waals surface area contributed by atoms with E-state index in [1.807, 2.05) is 29.1 Å². The Hall–Kier alpha value is -1.52. The zero-order valence-electron chi connectivity index (χ0n) is 10.3. The van der Waals surface area contributed by atoms with Crippen LogP contribution in [0.1, 0.15) is 18.2 Å². The fraction of sp³-hybridized carbons (Fsp3) is 0.308. The monoisotopic (exact) mass is 267 g/mol. The number of phenolic OH excluding ortho intramolecular Hbond substituents is 1. The lowest BCUT2D eigenvalue weighted by Gasteiger charge is -2.03. The highest BCUT2D eigenvalue weighted by Gasteiger charge is 1.98. The molecule has 98 valence electrons. The number of aromatic hydroxyl groups is 1. The number of nitrogens with one attached hydrogen (secondary N) is 1. The van der Waals surface area contributed by atoms with Gasteiger partial charge in [0.2, 0.25) is 0 Å². The molecule has 1 aromatic carbocycles. The molecule has 0 fully saturated rings. The minimum absolute atomic E-state index is 0. The van der Waals surface area contributed by atoms with Crippen molar-refractivity contribution in [3.63, 3.8) is 0 Å². The van der Waals surface area contributed by atoms with Crippen molar-refractivity contribution in [2.75, 3.05) is 0 Å². The van der Waals surface area contributed by atoms with E-state index in [9.17, 15) is 5.11 Å². The van der Waals surface area contributed by atoms with Gasteiger partial charge in [0.05, 0.1) is 5.69 Å². The average molecular weight is 268 g/mol. The van der Waals surface area contributed by atoms with Crippen LogP contribution in [0.3, 0.4) is 0 Å². The van der Waals surface area contributed by atoms with E-state index in [1.165, 1.54) is 0 Å². The lowest BCUT2D eigenvalue weighted by molar-refractivity contribution is 0.474. The third-order valence-electron chi connectivity index (χ3n) is 2.57. The SMILES string of the molecule is CCn1ccc(CNCc2cccc(O)c2)n1.Cl. The Morgan fingerprint density at radius 2 is 2.11 bits per heavy atom. The van der Waals surface area contributed by atoms with Crippen LogP contribution < -0.4 is 5.32 Å². The number of halogens is 1. The van der Waals surface area contributed by atoms with Gasteiger partial charge in [0.1, 0.15) is 5.75 Å². The van der Waals surface area contributed by atoms with Crippen LogP contribution in [-0.4, -0.2) is 14.9 Å². The highest BCUT2D eigenvalue weighted by molar-refractivity contribution is 5.85. The van der Waals surface area contributed by atoms with Gasteiger partial charge in [-0.1, -0.05) is 12.1 Å². The van der Waals surface area contributed by atoms with Crippen molar-refractivity contribution in [2.24, 2.45) is 0 Å². The van der Waals surface area contributed by atoms with Gasteiger partial charge in [-0.25, -0.2) is 0 Å². The van der Waals surface area contributed by atoms with Gasteiger partial charge < -0.3 is 10.4 Å². The van der Waals surface area contributed by atoms with Crippen molar-refractivity contribution in [2.45, 2.75) is 26.6 Å². The molecular formula is C13H18ClN3O. The standard InChI is InChI=1S/C13H17N3O.ClH/c1-2-16-7-6-12(15-16)10-14-9-11-4-3-5-13(17)8-11;/h3-8,14,17H,2,9-10H2,1H3;1H. The summed E-state index contributed by atoms with van der Waals surface area (Å²) in [6.45, 7) is 4.43. The maximum atomic E-state index is 9.32. The van der Waals surface area contributed by atoms with Crippen LogP contribution in [0.2, 0.25) is 0 Å². The van der Waals surface area contributed by atoms with E-state index in [2.05, 4.69) is 17.3 Å². The third kappa shape index (κ3) is 4.05. The van der Waals surface area contributed by atoms with E-state index < -0.39 is 0 Å². The van der Waals surface area contributed by atoms with E-state index in [1.54, 1.807) is 12.1 Å². The predicted molar refractivity (Wildman–Crippen MR) is 73.8 cm³/mol. The van der Waals surface area contributed by atoms with Crippen LogP contribution in [0, 0.1) is 0 Å². The first-order valence-electron chi connectivity index (χ1n) is 5.79.